The quantitative estimate of drug-likeness (QED) is 0.686. The number of nitrogens with one attached hydrogen (secondary N) is 1. The SMILES string of the molecule is CCc1[nH]nc2ncnc(N3CCN(c4cccc(C(N)=O)c4OC)CC3)c12. The van der Waals surface area contributed by atoms with Crippen molar-refractivity contribution in [2.24, 2.45) is 5.73 Å². The van der Waals surface area contributed by atoms with Crippen LogP contribution in [0, 0.1) is 0 Å². The summed E-state index contributed by atoms with van der Waals surface area (Å²) < 4.78 is 5.49. The van der Waals surface area contributed by atoms with E-state index in [1.807, 2.05) is 12.1 Å². The Morgan fingerprint density at radius 2 is 1.96 bits per heavy atom. The second-order valence-corrected chi connectivity index (χ2v) is 6.65. The van der Waals surface area contributed by atoms with Crippen molar-refractivity contribution < 1.29 is 9.53 Å². The minimum absolute atomic E-state index is 0.394. The maximum absolute atomic E-state index is 11.7. The Balaban J connectivity index is 1.59. The number of nitrogens with zero attached hydrogens (tertiary/aromatic N) is 5. The van der Waals surface area contributed by atoms with Gasteiger partial charge in [-0.15, -0.1) is 0 Å². The number of carbonyl (C=O) groups is 1. The van der Waals surface area contributed by atoms with Crippen molar-refractivity contribution in [3.8, 4) is 5.75 Å². The second kappa shape index (κ2) is 7.34. The zero-order chi connectivity index (χ0) is 19.7. The smallest absolute Gasteiger partial charge is 0.252 e. The molecular weight excluding hydrogens is 358 g/mol. The number of piperazine rings is 1. The molecule has 0 bridgehead atoms. The highest BCUT2D eigenvalue weighted by Crippen LogP contribution is 2.33. The molecule has 1 saturated heterocycles. The average Bonchev–Trinajstić information content (AvgIpc) is 3.16. The molecule has 0 unspecified atom stereocenters. The molecule has 0 saturated carbocycles. The number of para-hydroxylation sites is 1. The highest BCUT2D eigenvalue weighted by atomic mass is 16.5. The topological polar surface area (TPSA) is 113 Å². The summed E-state index contributed by atoms with van der Waals surface area (Å²) in [4.78, 5) is 25.0. The number of aromatic amines is 1. The number of rotatable bonds is 5. The van der Waals surface area contributed by atoms with Crippen LogP contribution in [0.4, 0.5) is 11.5 Å². The van der Waals surface area contributed by atoms with Crippen LogP contribution in [0.5, 0.6) is 5.75 Å². The molecule has 9 nitrogen and oxygen atoms in total. The minimum Gasteiger partial charge on any atom is -0.494 e. The van der Waals surface area contributed by atoms with Gasteiger partial charge in [-0.25, -0.2) is 9.97 Å². The number of primary amides is 1. The molecule has 1 aromatic carbocycles. The molecule has 0 atom stereocenters. The third-order valence-corrected chi connectivity index (χ3v) is 5.14. The van der Waals surface area contributed by atoms with Crippen LogP contribution in [-0.2, 0) is 6.42 Å². The van der Waals surface area contributed by atoms with Gasteiger partial charge in [-0.1, -0.05) is 13.0 Å². The van der Waals surface area contributed by atoms with Gasteiger partial charge in [-0.2, -0.15) is 5.10 Å². The Morgan fingerprint density at radius 3 is 2.64 bits per heavy atom. The van der Waals surface area contributed by atoms with E-state index in [1.165, 1.54) is 0 Å². The van der Waals surface area contributed by atoms with Gasteiger partial charge in [-0.05, 0) is 18.6 Å². The summed E-state index contributed by atoms with van der Waals surface area (Å²) in [5, 5.41) is 8.33. The molecule has 146 valence electrons. The molecule has 0 radical (unpaired) electrons. The standard InChI is InChI=1S/C19H23N7O2/c1-3-13-15-18(24-23-13)21-11-22-19(15)26-9-7-25(8-10-26)14-6-4-5-12(17(20)27)16(14)28-2/h4-6,11H,3,7-10H2,1-2H3,(H2,20,27)(H,21,22,23,24). The lowest BCUT2D eigenvalue weighted by molar-refractivity contribution is 0.0997. The van der Waals surface area contributed by atoms with Crippen molar-refractivity contribution in [2.75, 3.05) is 43.1 Å². The van der Waals surface area contributed by atoms with Gasteiger partial charge in [0, 0.05) is 31.9 Å². The Bertz CT molecular complexity index is 1010. The van der Waals surface area contributed by atoms with Gasteiger partial charge in [0.25, 0.3) is 5.91 Å². The van der Waals surface area contributed by atoms with E-state index in [0.29, 0.717) is 17.0 Å². The number of anilines is 2. The zero-order valence-electron chi connectivity index (χ0n) is 16.0. The lowest BCUT2D eigenvalue weighted by Gasteiger charge is -2.37. The van der Waals surface area contributed by atoms with E-state index >= 15 is 0 Å². The van der Waals surface area contributed by atoms with E-state index in [2.05, 4.69) is 36.9 Å². The Hall–Kier alpha value is -3.36. The summed E-state index contributed by atoms with van der Waals surface area (Å²) >= 11 is 0. The van der Waals surface area contributed by atoms with Crippen LogP contribution in [0.25, 0.3) is 11.0 Å². The van der Waals surface area contributed by atoms with Gasteiger partial charge in [0.05, 0.1) is 23.7 Å². The van der Waals surface area contributed by atoms with Crippen LogP contribution in [0.15, 0.2) is 24.5 Å². The molecule has 3 heterocycles. The summed E-state index contributed by atoms with van der Waals surface area (Å²) in [5.74, 6) is 0.942. The molecule has 4 rings (SSSR count). The molecular formula is C19H23N7O2. The maximum atomic E-state index is 11.7. The van der Waals surface area contributed by atoms with Crippen molar-refractivity contribution in [3.05, 3.63) is 35.8 Å². The van der Waals surface area contributed by atoms with Crippen molar-refractivity contribution in [2.45, 2.75) is 13.3 Å². The molecule has 3 aromatic rings. The summed E-state index contributed by atoms with van der Waals surface area (Å²) in [6.45, 7) is 5.18. The van der Waals surface area contributed by atoms with Crippen LogP contribution in [0.2, 0.25) is 0 Å². The minimum atomic E-state index is -0.493. The summed E-state index contributed by atoms with van der Waals surface area (Å²) in [7, 11) is 1.56. The van der Waals surface area contributed by atoms with E-state index in [9.17, 15) is 4.79 Å². The van der Waals surface area contributed by atoms with Crippen LogP contribution in [0.1, 0.15) is 23.0 Å². The molecule has 3 N–H and O–H groups in total. The lowest BCUT2D eigenvalue weighted by atomic mass is 10.1. The predicted molar refractivity (Wildman–Crippen MR) is 107 cm³/mol. The predicted octanol–water partition coefficient (Wildman–Crippen LogP) is 1.35. The third-order valence-electron chi connectivity index (χ3n) is 5.14. The Morgan fingerprint density at radius 1 is 1.21 bits per heavy atom. The number of ether oxygens (including phenoxy) is 1. The summed E-state index contributed by atoms with van der Waals surface area (Å²) in [6.07, 6.45) is 2.40. The largest absolute Gasteiger partial charge is 0.494 e. The molecule has 2 aromatic heterocycles. The highest BCUT2D eigenvalue weighted by Gasteiger charge is 2.25. The Labute approximate surface area is 162 Å². The fourth-order valence-corrected chi connectivity index (χ4v) is 3.74. The molecule has 0 spiro atoms. The highest BCUT2D eigenvalue weighted by molar-refractivity contribution is 5.97. The molecule has 1 aliphatic rings. The van der Waals surface area contributed by atoms with Crippen LogP contribution < -0.4 is 20.3 Å². The van der Waals surface area contributed by atoms with Crippen molar-refractivity contribution >= 4 is 28.4 Å². The molecule has 9 heteroatoms. The number of fused-ring (bicyclic) bond motifs is 1. The Kier molecular flexibility index (Phi) is 4.72. The number of hydrogen-bond donors (Lipinski definition) is 2. The number of hydrogen-bond acceptors (Lipinski definition) is 7. The first kappa shape index (κ1) is 18.0. The van der Waals surface area contributed by atoms with E-state index in [1.54, 1.807) is 19.5 Å². The van der Waals surface area contributed by atoms with Crippen LogP contribution in [0.3, 0.4) is 0 Å². The molecule has 1 amide bonds. The van der Waals surface area contributed by atoms with Crippen molar-refractivity contribution in [3.63, 3.8) is 0 Å². The molecule has 1 aliphatic heterocycles. The number of aryl methyl sites for hydroxylation is 1. The van der Waals surface area contributed by atoms with Crippen molar-refractivity contribution in [1.82, 2.24) is 20.2 Å². The van der Waals surface area contributed by atoms with Crippen LogP contribution in [-0.4, -0.2) is 59.4 Å². The molecule has 0 aliphatic carbocycles. The van der Waals surface area contributed by atoms with E-state index in [0.717, 1.165) is 55.2 Å². The summed E-state index contributed by atoms with van der Waals surface area (Å²) in [5.41, 5.74) is 8.50. The summed E-state index contributed by atoms with van der Waals surface area (Å²) in [6, 6.07) is 5.47. The fraction of sp³-hybridized carbons (Fsp3) is 0.368. The number of carbonyl (C=O) groups excluding carboxylic acids is 1. The zero-order valence-corrected chi connectivity index (χ0v) is 16.0. The number of benzene rings is 1. The second-order valence-electron chi connectivity index (χ2n) is 6.65. The molecule has 1 fully saturated rings. The van der Waals surface area contributed by atoms with Gasteiger partial charge in [0.2, 0.25) is 0 Å². The van der Waals surface area contributed by atoms with Gasteiger partial charge < -0.3 is 20.3 Å². The normalized spacial score (nSPS) is 14.5. The fourth-order valence-electron chi connectivity index (χ4n) is 3.74. The van der Waals surface area contributed by atoms with Crippen molar-refractivity contribution in [1.29, 1.82) is 0 Å². The van der Waals surface area contributed by atoms with Gasteiger partial charge >= 0.3 is 0 Å². The first-order valence-electron chi connectivity index (χ1n) is 9.28. The lowest BCUT2D eigenvalue weighted by Crippen LogP contribution is -2.47. The van der Waals surface area contributed by atoms with Gasteiger partial charge in [-0.3, -0.25) is 9.89 Å². The van der Waals surface area contributed by atoms with Gasteiger partial charge in [0.15, 0.2) is 11.4 Å². The number of amides is 1. The first-order valence-corrected chi connectivity index (χ1v) is 9.28. The van der Waals surface area contributed by atoms with E-state index in [4.69, 9.17) is 10.5 Å². The average molecular weight is 381 g/mol. The molecule has 28 heavy (non-hydrogen) atoms. The van der Waals surface area contributed by atoms with E-state index in [-0.39, 0.29) is 0 Å². The van der Waals surface area contributed by atoms with Crippen LogP contribution >= 0.6 is 0 Å². The number of methoxy groups -OCH3 is 1. The van der Waals surface area contributed by atoms with E-state index < -0.39 is 5.91 Å². The number of aromatic nitrogens is 4. The third kappa shape index (κ3) is 2.98. The maximum Gasteiger partial charge on any atom is 0.252 e. The van der Waals surface area contributed by atoms with Gasteiger partial charge in [0.1, 0.15) is 12.1 Å². The number of H-pyrrole nitrogens is 1. The first-order chi connectivity index (χ1) is 13.6. The monoisotopic (exact) mass is 381 g/mol. The number of nitrogens with two attached hydrogens (primary N) is 1.